The lowest BCUT2D eigenvalue weighted by atomic mass is 9.98. The summed E-state index contributed by atoms with van der Waals surface area (Å²) in [5.41, 5.74) is 0.440. The van der Waals surface area contributed by atoms with Crippen LogP contribution in [0.2, 0.25) is 0 Å². The van der Waals surface area contributed by atoms with Crippen LogP contribution in [0.1, 0.15) is 34.8 Å². The van der Waals surface area contributed by atoms with Crippen molar-refractivity contribution in [2.45, 2.75) is 25.8 Å². The molecule has 1 aliphatic carbocycles. The molecule has 2 fully saturated rings. The van der Waals surface area contributed by atoms with Crippen LogP contribution in [-0.2, 0) is 0 Å². The van der Waals surface area contributed by atoms with Gasteiger partial charge in [0.1, 0.15) is 11.4 Å². The van der Waals surface area contributed by atoms with E-state index in [9.17, 15) is 24.9 Å². The van der Waals surface area contributed by atoms with Gasteiger partial charge in [-0.25, -0.2) is 9.18 Å². The van der Waals surface area contributed by atoms with Gasteiger partial charge in [-0.1, -0.05) is 0 Å². The molecule has 1 aromatic carbocycles. The van der Waals surface area contributed by atoms with E-state index < -0.39 is 17.2 Å². The number of hydrogen-bond donors (Lipinski definition) is 3. The zero-order valence-electron chi connectivity index (χ0n) is 15.6. The standard InChI is InChI=1S/C20H23FN2O5/c1-10-17-14(19(26)15(20(27)28)7-23(17)13-2-3-13)4-16(21)18(10)22-5-11(8-24)12(6-22)9-25/h4,7,11-13,24-25H,2-3,5-6,8-9H2,1H3,(H,27,28). The van der Waals surface area contributed by atoms with Gasteiger partial charge in [-0.2, -0.15) is 0 Å². The Morgan fingerprint density at radius 3 is 2.32 bits per heavy atom. The number of nitrogens with zero attached hydrogens (tertiary/aromatic N) is 2. The van der Waals surface area contributed by atoms with Crippen LogP contribution in [0.5, 0.6) is 0 Å². The second-order valence-corrected chi connectivity index (χ2v) is 7.83. The third-order valence-corrected chi connectivity index (χ3v) is 6.01. The van der Waals surface area contributed by atoms with Crippen LogP contribution in [0.4, 0.5) is 10.1 Å². The number of aliphatic hydroxyl groups excluding tert-OH is 2. The van der Waals surface area contributed by atoms with Crippen molar-refractivity contribution in [3.05, 3.63) is 39.4 Å². The number of halogens is 1. The first kappa shape index (κ1) is 18.9. The highest BCUT2D eigenvalue weighted by atomic mass is 19.1. The van der Waals surface area contributed by atoms with Gasteiger partial charge in [0.2, 0.25) is 5.43 Å². The fourth-order valence-corrected chi connectivity index (χ4v) is 4.39. The van der Waals surface area contributed by atoms with E-state index in [0.717, 1.165) is 18.9 Å². The first-order valence-electron chi connectivity index (χ1n) is 9.45. The second-order valence-electron chi connectivity index (χ2n) is 7.83. The molecule has 0 amide bonds. The summed E-state index contributed by atoms with van der Waals surface area (Å²) in [6, 6.07) is 1.23. The van der Waals surface area contributed by atoms with E-state index in [2.05, 4.69) is 0 Å². The Labute approximate surface area is 160 Å². The molecule has 3 N–H and O–H groups in total. The minimum Gasteiger partial charge on any atom is -0.477 e. The lowest BCUT2D eigenvalue weighted by Gasteiger charge is -2.24. The number of aromatic nitrogens is 1. The zero-order chi connectivity index (χ0) is 20.2. The predicted molar refractivity (Wildman–Crippen MR) is 101 cm³/mol. The highest BCUT2D eigenvalue weighted by Gasteiger charge is 2.35. The number of aryl methyl sites for hydroxylation is 1. The van der Waals surface area contributed by atoms with Gasteiger partial charge in [-0.15, -0.1) is 0 Å². The number of anilines is 1. The number of aliphatic hydroxyl groups is 2. The zero-order valence-corrected chi connectivity index (χ0v) is 15.6. The van der Waals surface area contributed by atoms with Crippen molar-refractivity contribution in [1.82, 2.24) is 4.57 Å². The minimum absolute atomic E-state index is 0.0714. The summed E-state index contributed by atoms with van der Waals surface area (Å²) in [4.78, 5) is 25.9. The number of carbonyl (C=O) groups is 1. The Bertz CT molecular complexity index is 1000. The molecule has 0 spiro atoms. The smallest absolute Gasteiger partial charge is 0.341 e. The molecule has 2 aliphatic rings. The van der Waals surface area contributed by atoms with Gasteiger partial charge in [0, 0.05) is 55.8 Å². The van der Waals surface area contributed by atoms with E-state index in [-0.39, 0.29) is 42.0 Å². The maximum Gasteiger partial charge on any atom is 0.341 e. The van der Waals surface area contributed by atoms with Crippen LogP contribution in [0.25, 0.3) is 10.9 Å². The summed E-state index contributed by atoms with van der Waals surface area (Å²) in [6.07, 6.45) is 3.13. The lowest BCUT2D eigenvalue weighted by molar-refractivity contribution is 0.0695. The number of carboxylic acids is 1. The number of fused-ring (bicyclic) bond motifs is 1. The van der Waals surface area contributed by atoms with Crippen molar-refractivity contribution < 1.29 is 24.5 Å². The maximum atomic E-state index is 15.1. The van der Waals surface area contributed by atoms with Gasteiger partial charge in [-0.05, 0) is 31.4 Å². The molecular weight excluding hydrogens is 367 g/mol. The van der Waals surface area contributed by atoms with Gasteiger partial charge in [0.05, 0.1) is 11.2 Å². The van der Waals surface area contributed by atoms with Gasteiger partial charge >= 0.3 is 5.97 Å². The molecule has 4 rings (SSSR count). The Kier molecular flexibility index (Phi) is 4.63. The van der Waals surface area contributed by atoms with Gasteiger partial charge in [-0.3, -0.25) is 4.79 Å². The fourth-order valence-electron chi connectivity index (χ4n) is 4.39. The molecule has 28 heavy (non-hydrogen) atoms. The molecule has 0 bridgehead atoms. The average Bonchev–Trinajstić information content (AvgIpc) is 3.42. The normalized spacial score (nSPS) is 22.2. The molecular formula is C20H23FN2O5. The summed E-state index contributed by atoms with van der Waals surface area (Å²) >= 11 is 0. The van der Waals surface area contributed by atoms with Gasteiger partial charge < -0.3 is 24.8 Å². The predicted octanol–water partition coefficient (Wildman–Crippen LogP) is 1.52. The van der Waals surface area contributed by atoms with Crippen molar-refractivity contribution in [3.63, 3.8) is 0 Å². The topological polar surface area (TPSA) is 103 Å². The van der Waals surface area contributed by atoms with Crippen molar-refractivity contribution in [1.29, 1.82) is 0 Å². The van der Waals surface area contributed by atoms with E-state index in [1.807, 2.05) is 0 Å². The van der Waals surface area contributed by atoms with E-state index in [0.29, 0.717) is 29.9 Å². The van der Waals surface area contributed by atoms with Crippen LogP contribution in [0, 0.1) is 24.6 Å². The first-order valence-corrected chi connectivity index (χ1v) is 9.45. The molecule has 150 valence electrons. The molecule has 8 heteroatoms. The Morgan fingerprint density at radius 1 is 1.21 bits per heavy atom. The number of benzene rings is 1. The van der Waals surface area contributed by atoms with Crippen molar-refractivity contribution in [2.24, 2.45) is 11.8 Å². The molecule has 1 saturated carbocycles. The molecule has 7 nitrogen and oxygen atoms in total. The third kappa shape index (κ3) is 2.87. The van der Waals surface area contributed by atoms with Crippen molar-refractivity contribution in [2.75, 3.05) is 31.2 Å². The highest BCUT2D eigenvalue weighted by Crippen LogP contribution is 2.41. The summed E-state index contributed by atoms with van der Waals surface area (Å²) in [5.74, 6) is -2.22. The monoisotopic (exact) mass is 390 g/mol. The summed E-state index contributed by atoms with van der Waals surface area (Å²) in [5, 5.41) is 28.5. The fraction of sp³-hybridized carbons (Fsp3) is 0.500. The molecule has 0 radical (unpaired) electrons. The quantitative estimate of drug-likeness (QED) is 0.715. The number of rotatable bonds is 5. The SMILES string of the molecule is Cc1c(N2CC(CO)C(CO)C2)c(F)cc2c(=O)c(C(=O)O)cn(C3CC3)c12. The Hall–Kier alpha value is -2.45. The number of aromatic carboxylic acids is 1. The molecule has 1 aromatic heterocycles. The minimum atomic E-state index is -1.32. The Balaban J connectivity index is 1.93. The van der Waals surface area contributed by atoms with Crippen LogP contribution in [0.15, 0.2) is 17.1 Å². The van der Waals surface area contributed by atoms with E-state index in [4.69, 9.17) is 0 Å². The second kappa shape index (κ2) is 6.86. The molecule has 2 aromatic rings. The summed E-state index contributed by atoms with van der Waals surface area (Å²) in [6.45, 7) is 2.37. The van der Waals surface area contributed by atoms with Crippen molar-refractivity contribution in [3.8, 4) is 0 Å². The molecule has 1 aliphatic heterocycles. The average molecular weight is 390 g/mol. The van der Waals surface area contributed by atoms with E-state index in [1.165, 1.54) is 6.20 Å². The number of hydrogen-bond acceptors (Lipinski definition) is 5. The number of carboxylic acid groups (broad SMARTS) is 1. The first-order chi connectivity index (χ1) is 13.4. The molecule has 2 atom stereocenters. The molecule has 1 saturated heterocycles. The van der Waals surface area contributed by atoms with Crippen LogP contribution >= 0.6 is 0 Å². The molecule has 2 heterocycles. The third-order valence-electron chi connectivity index (χ3n) is 6.01. The Morgan fingerprint density at radius 2 is 1.82 bits per heavy atom. The van der Waals surface area contributed by atoms with Gasteiger partial charge in [0.15, 0.2) is 0 Å². The van der Waals surface area contributed by atoms with Crippen LogP contribution in [0.3, 0.4) is 0 Å². The molecule has 2 unspecified atom stereocenters. The van der Waals surface area contributed by atoms with Crippen molar-refractivity contribution >= 4 is 22.6 Å². The van der Waals surface area contributed by atoms with Crippen LogP contribution in [-0.4, -0.2) is 52.2 Å². The summed E-state index contributed by atoms with van der Waals surface area (Å²) in [7, 11) is 0. The van der Waals surface area contributed by atoms with Crippen LogP contribution < -0.4 is 10.3 Å². The van der Waals surface area contributed by atoms with E-state index >= 15 is 4.39 Å². The maximum absolute atomic E-state index is 15.1. The summed E-state index contributed by atoms with van der Waals surface area (Å²) < 4.78 is 16.9. The van der Waals surface area contributed by atoms with E-state index in [1.54, 1.807) is 16.4 Å². The lowest BCUT2D eigenvalue weighted by Crippen LogP contribution is -2.25. The highest BCUT2D eigenvalue weighted by molar-refractivity contribution is 5.95. The van der Waals surface area contributed by atoms with Gasteiger partial charge in [0.25, 0.3) is 0 Å². The number of pyridine rings is 1. The largest absolute Gasteiger partial charge is 0.477 e.